The van der Waals surface area contributed by atoms with Crippen molar-refractivity contribution >= 4 is 173 Å². The van der Waals surface area contributed by atoms with Gasteiger partial charge in [0.2, 0.25) is 9.23 Å². The number of nitrogen functional groups attached to an aromatic ring is 4. The summed E-state index contributed by atoms with van der Waals surface area (Å²) in [6, 6.07) is 25.1. The number of methoxy groups -OCH3 is 2. The van der Waals surface area contributed by atoms with Gasteiger partial charge < -0.3 is 75.0 Å². The minimum absolute atomic E-state index is 0. The maximum absolute atomic E-state index is 11.5. The predicted molar refractivity (Wildman–Crippen MR) is 389 cm³/mol. The topological polar surface area (TPSA) is 415 Å². The van der Waals surface area contributed by atoms with Crippen molar-refractivity contribution in [2.24, 2.45) is 5.73 Å². The van der Waals surface area contributed by atoms with Gasteiger partial charge in [0.25, 0.3) is 0 Å². The first-order valence-electron chi connectivity index (χ1n) is 26.7. The molecule has 3 aromatic carbocycles. The van der Waals surface area contributed by atoms with Crippen molar-refractivity contribution in [3.63, 3.8) is 0 Å². The van der Waals surface area contributed by atoms with Crippen LogP contribution in [0.4, 0.5) is 28.7 Å². The number of pyridine rings is 3. The van der Waals surface area contributed by atoms with Crippen molar-refractivity contribution in [1.82, 2.24) is 15.0 Å². The van der Waals surface area contributed by atoms with E-state index in [4.69, 9.17) is 91.3 Å². The number of ketones is 1. The quantitative estimate of drug-likeness (QED) is 0.0112. The molecule has 2 fully saturated rings. The van der Waals surface area contributed by atoms with Crippen LogP contribution in [0, 0.1) is 76.0 Å². The van der Waals surface area contributed by atoms with Gasteiger partial charge in [0.05, 0.1) is 55.3 Å². The first-order chi connectivity index (χ1) is 43.4. The number of aromatic nitrogens is 3. The molecule has 8 rings (SSSR count). The number of ether oxygens (including phenoxy) is 4. The Labute approximate surface area is 630 Å². The SMILES string of the molecule is CCI.CO.COC(=O)c1cc(Br)cc(NC2CCOCC2)c1.COC(=O)c1cc(N)cc(Br)c1.Cc1cc(C)c(C#N)c(Cl)n1.Cc1cc(C)c(C#N)c(N)n1.Cc1cc(C)c(CN)c(N)n1.Nc1cc(Br)cc(C(=O)O)c1.O=C1CCOCC1.O=S(Cl)Cl.[B].[C-]#N.[Na+]. The second-order valence-corrected chi connectivity index (χ2v) is 25.3. The van der Waals surface area contributed by atoms with Gasteiger partial charge in [-0.1, -0.05) is 88.9 Å². The Morgan fingerprint density at radius 1 is 0.691 bits per heavy atom. The molecule has 94 heavy (non-hydrogen) atoms. The van der Waals surface area contributed by atoms with E-state index in [2.05, 4.69) is 124 Å². The molecule has 0 unspecified atom stereocenters. The van der Waals surface area contributed by atoms with E-state index < -0.39 is 15.2 Å². The Morgan fingerprint density at radius 3 is 1.43 bits per heavy atom. The number of nitrogens with one attached hydrogen (secondary N) is 1. The number of aliphatic hydroxyl groups is 1. The number of aliphatic hydroxyl groups excluding tert-OH is 1. The first-order valence-corrected chi connectivity index (χ1v) is 33.8. The van der Waals surface area contributed by atoms with Crippen molar-refractivity contribution in [2.75, 3.05) is 80.4 Å². The van der Waals surface area contributed by atoms with Crippen LogP contribution in [-0.4, -0.2) is 120 Å². The number of nitrogens with zero attached hydrogens (tertiary/aromatic N) is 6. The number of anilines is 5. The van der Waals surface area contributed by atoms with Gasteiger partial charge in [0.15, 0.2) is 0 Å². The standard InChI is InChI=1S/C13H16BrNO3.C8H8BrNO2.C8H7ClN2.C8H13N3.C8H9N3.C7H6BrNO2.C5H8O2.C2H5I.CN.CH4O.B.Cl2OS.Na/c1-17-13(16)9-6-10(14)8-12(7-9)15-11-2-4-18-5-3-11;1-12-8(11)5-2-6(9)4-7(10)3-5;1-5-3-6(2)11-8(9)7(5)4-10;2*1-5-3-6(2)11-8(10)7(5)4-9;8-5-1-4(7(10)11)2-6(9)3-5;6-5-1-3-7-4-2-5;1-2-3;2*1-2;;1-4(2)3;/h6-8,11,15H,2-5H2,1H3;2-4H,10H2,1H3;3H,1-2H3;3H,4,9H2,1-2H3,(H2,10,11);3H,1-2H3,(H2,10,11);1-3H,9H2,(H,10,11);1-4H2;2H2,1H3;;2H,1H3;;;/q;;;;;;;;-1;;;;+1. The Balaban J connectivity index is -0.000000322. The maximum atomic E-state index is 11.5. The number of nitriles is 2. The third-order valence-corrected chi connectivity index (χ3v) is 12.7. The number of aryl methyl sites for hydroxylation is 6. The number of benzene rings is 3. The van der Waals surface area contributed by atoms with Crippen LogP contribution in [0.15, 0.2) is 86.2 Å². The molecule has 23 nitrogen and oxygen atoms in total. The fraction of sp³-hybridized carbons (Fsp3) is 0.344. The van der Waals surface area contributed by atoms with Gasteiger partial charge in [-0.25, -0.2) is 33.5 Å². The summed E-state index contributed by atoms with van der Waals surface area (Å²) in [5.41, 5.74) is 38.0. The van der Waals surface area contributed by atoms with Crippen LogP contribution in [0.5, 0.6) is 0 Å². The number of halogens is 7. The van der Waals surface area contributed by atoms with E-state index in [9.17, 15) is 19.2 Å². The molecule has 0 saturated carbocycles. The molecule has 0 atom stereocenters. The summed E-state index contributed by atoms with van der Waals surface area (Å²) < 4.78 is 32.1. The molecule has 6 aromatic rings. The normalized spacial score (nSPS) is 11.1. The average molecular weight is 1690 g/mol. The molecule has 3 aromatic heterocycles. The largest absolute Gasteiger partial charge is 1.00 e. The fourth-order valence-corrected chi connectivity index (χ4v) is 9.10. The van der Waals surface area contributed by atoms with Crippen LogP contribution in [0.25, 0.3) is 0 Å². The minimum atomic E-state index is -1.67. The van der Waals surface area contributed by atoms with Crippen LogP contribution in [0.2, 0.25) is 5.15 Å². The van der Waals surface area contributed by atoms with Crippen LogP contribution < -0.4 is 63.5 Å². The van der Waals surface area contributed by atoms with Crippen molar-refractivity contribution in [3.05, 3.63) is 165 Å². The second kappa shape index (κ2) is 56.9. The number of carbonyl (C=O) groups is 4. The molecule has 33 heteroatoms. The molecule has 0 aliphatic carbocycles. The van der Waals surface area contributed by atoms with Crippen LogP contribution in [0.3, 0.4) is 0 Å². The van der Waals surface area contributed by atoms with Crippen molar-refractivity contribution in [1.29, 1.82) is 15.8 Å². The van der Waals surface area contributed by atoms with Crippen LogP contribution in [0.1, 0.15) is 114 Å². The fourth-order valence-electron chi connectivity index (χ4n) is 7.26. The molecule has 13 N–H and O–H groups in total. The molecule has 2 aliphatic heterocycles. The molecule has 0 spiro atoms. The Hall–Kier alpha value is -5.25. The molecule has 2 saturated heterocycles. The molecule has 5 heterocycles. The summed E-state index contributed by atoms with van der Waals surface area (Å²) in [4.78, 5) is 55.4. The zero-order valence-electron chi connectivity index (χ0n) is 53.8. The number of esters is 2. The summed E-state index contributed by atoms with van der Waals surface area (Å²) in [5.74, 6) is -0.464. The summed E-state index contributed by atoms with van der Waals surface area (Å²) in [6.45, 7) is 21.5. The number of hydrogen-bond acceptors (Lipinski definition) is 22. The van der Waals surface area contributed by atoms with E-state index in [0.29, 0.717) is 99.3 Å². The summed E-state index contributed by atoms with van der Waals surface area (Å²) >= 11 is 17.8. The van der Waals surface area contributed by atoms with Crippen LogP contribution in [-0.2, 0) is 39.5 Å². The van der Waals surface area contributed by atoms with E-state index >= 15 is 0 Å². The summed E-state index contributed by atoms with van der Waals surface area (Å²) in [7, 11) is 11.1. The number of carbonyl (C=O) groups excluding carboxylic acids is 3. The molecule has 3 radical (unpaired) electrons. The van der Waals surface area contributed by atoms with Gasteiger partial charge in [-0.3, -0.25) is 4.79 Å². The summed E-state index contributed by atoms with van der Waals surface area (Å²) in [5, 5.41) is 42.8. The Morgan fingerprint density at radius 2 is 1.06 bits per heavy atom. The number of nitrogens with two attached hydrogens (primary N) is 5. The molecular formula is C61H76BBr3Cl3IN12NaO11S. The van der Waals surface area contributed by atoms with Gasteiger partial charge in [-0.2, -0.15) is 10.5 Å². The monoisotopic (exact) mass is 1690 g/mol. The molecule has 505 valence electrons. The van der Waals surface area contributed by atoms with Gasteiger partial charge in [-0.05, 0) is 148 Å². The molecule has 0 bridgehead atoms. The van der Waals surface area contributed by atoms with E-state index in [0.717, 1.165) is 87.1 Å². The Bertz CT molecular complexity index is 3240. The van der Waals surface area contributed by atoms with Gasteiger partial charge in [-0.15, -0.1) is 0 Å². The third-order valence-electron chi connectivity index (χ3n) is 11.1. The van der Waals surface area contributed by atoms with E-state index in [1.54, 1.807) is 30.3 Å². The molecule has 0 amide bonds. The zero-order chi connectivity index (χ0) is 71.2. The number of hydrogen-bond donors (Lipinski definition) is 8. The number of carboxylic acids is 1. The second-order valence-electron chi connectivity index (χ2n) is 18.2. The number of rotatable bonds is 6. The number of aromatic carboxylic acids is 1. The average Bonchev–Trinajstić information content (AvgIpc) is 1.54. The van der Waals surface area contributed by atoms with Crippen molar-refractivity contribution in [3.8, 4) is 12.1 Å². The smallest absolute Gasteiger partial charge is 0.512 e. The minimum Gasteiger partial charge on any atom is -0.512 e. The van der Waals surface area contributed by atoms with Crippen molar-refractivity contribution < 1.29 is 82.1 Å². The zero-order valence-corrected chi connectivity index (χ0v) is 65.8. The number of Topliss-reactive ketones (excluding diaryl/α,β-unsaturated/α-hetero) is 1. The van der Waals surface area contributed by atoms with Crippen LogP contribution >= 0.6 is 103 Å². The Kier molecular flexibility index (Phi) is 59.0. The molecule has 2 aliphatic rings. The molecular weight excluding hydrogens is 1620 g/mol. The van der Waals surface area contributed by atoms with E-state index in [1.165, 1.54) is 30.8 Å². The predicted octanol–water partition coefficient (Wildman–Crippen LogP) is 9.67. The third kappa shape index (κ3) is 43.8. The summed E-state index contributed by atoms with van der Waals surface area (Å²) in [6.07, 6.45) is 3.22. The van der Waals surface area contributed by atoms with Crippen molar-refractivity contribution in [2.45, 2.75) is 86.7 Å². The first kappa shape index (κ1) is 97.4. The number of alkyl halides is 1. The van der Waals surface area contributed by atoms with E-state index in [-0.39, 0.29) is 55.5 Å². The van der Waals surface area contributed by atoms with Gasteiger partial charge in [0.1, 0.15) is 34.7 Å². The van der Waals surface area contributed by atoms with E-state index in [1.807, 2.05) is 84.0 Å². The van der Waals surface area contributed by atoms with Gasteiger partial charge in [0, 0.05) is 129 Å². The number of carboxylic acid groups (broad SMARTS) is 1. The maximum Gasteiger partial charge on any atom is 1.00 e. The van der Waals surface area contributed by atoms with Gasteiger partial charge >= 0.3 is 47.5 Å².